The van der Waals surface area contributed by atoms with Gasteiger partial charge in [0.05, 0.1) is 0 Å². The molecule has 0 aliphatic heterocycles. The highest BCUT2D eigenvalue weighted by Gasteiger charge is 2.12. The maximum atomic E-state index is 4.35. The molecular formula is C14H18N2S. The Balaban J connectivity index is 2.44. The van der Waals surface area contributed by atoms with E-state index in [4.69, 9.17) is 0 Å². The molecule has 2 aromatic rings. The Morgan fingerprint density at radius 1 is 1.29 bits per heavy atom. The number of nitrogens with one attached hydrogen (secondary N) is 1. The second-order valence-corrected chi connectivity index (χ2v) is 4.93. The monoisotopic (exact) mass is 246 g/mol. The summed E-state index contributed by atoms with van der Waals surface area (Å²) >= 11 is 1.86. The Kier molecular flexibility index (Phi) is 4.40. The number of aromatic nitrogens is 1. The van der Waals surface area contributed by atoms with Gasteiger partial charge in [-0.15, -0.1) is 0 Å². The SMILES string of the molecule is CCNC(CSC)c1cncc2ccccc12. The highest BCUT2D eigenvalue weighted by molar-refractivity contribution is 7.98. The zero-order valence-corrected chi connectivity index (χ0v) is 11.1. The van der Waals surface area contributed by atoms with Crippen molar-refractivity contribution in [1.82, 2.24) is 10.3 Å². The van der Waals surface area contributed by atoms with Crippen molar-refractivity contribution in [1.29, 1.82) is 0 Å². The number of benzene rings is 1. The Morgan fingerprint density at radius 3 is 2.88 bits per heavy atom. The molecule has 0 saturated carbocycles. The van der Waals surface area contributed by atoms with Crippen molar-refractivity contribution in [2.75, 3.05) is 18.6 Å². The van der Waals surface area contributed by atoms with Crippen LogP contribution in [0, 0.1) is 0 Å². The van der Waals surface area contributed by atoms with Crippen molar-refractivity contribution in [3.05, 3.63) is 42.2 Å². The summed E-state index contributed by atoms with van der Waals surface area (Å²) in [4.78, 5) is 4.35. The van der Waals surface area contributed by atoms with E-state index in [1.54, 1.807) is 0 Å². The number of hydrogen-bond acceptors (Lipinski definition) is 3. The van der Waals surface area contributed by atoms with E-state index in [0.717, 1.165) is 12.3 Å². The Morgan fingerprint density at radius 2 is 2.12 bits per heavy atom. The third kappa shape index (κ3) is 2.79. The second kappa shape index (κ2) is 6.03. The fraction of sp³-hybridized carbons (Fsp3) is 0.357. The molecule has 0 saturated heterocycles. The fourth-order valence-electron chi connectivity index (χ4n) is 2.09. The third-order valence-corrected chi connectivity index (χ3v) is 3.52. The van der Waals surface area contributed by atoms with Gasteiger partial charge in [-0.25, -0.2) is 0 Å². The van der Waals surface area contributed by atoms with Gasteiger partial charge in [-0.1, -0.05) is 31.2 Å². The minimum Gasteiger partial charge on any atom is -0.309 e. The number of thioether (sulfide) groups is 1. The minimum absolute atomic E-state index is 0.383. The lowest BCUT2D eigenvalue weighted by molar-refractivity contribution is 0.608. The van der Waals surface area contributed by atoms with Gasteiger partial charge in [0.2, 0.25) is 0 Å². The van der Waals surface area contributed by atoms with Crippen LogP contribution in [0.2, 0.25) is 0 Å². The van der Waals surface area contributed by atoms with Crippen molar-refractivity contribution in [2.24, 2.45) is 0 Å². The molecule has 1 atom stereocenters. The van der Waals surface area contributed by atoms with Crippen molar-refractivity contribution in [2.45, 2.75) is 13.0 Å². The molecule has 17 heavy (non-hydrogen) atoms. The fourth-order valence-corrected chi connectivity index (χ4v) is 2.72. The zero-order chi connectivity index (χ0) is 12.1. The molecular weight excluding hydrogens is 228 g/mol. The molecule has 1 aromatic carbocycles. The van der Waals surface area contributed by atoms with E-state index in [1.165, 1.54) is 16.3 Å². The largest absolute Gasteiger partial charge is 0.309 e. The van der Waals surface area contributed by atoms with Crippen LogP contribution in [-0.2, 0) is 0 Å². The van der Waals surface area contributed by atoms with Crippen LogP contribution in [0.3, 0.4) is 0 Å². The Labute approximate surface area is 107 Å². The predicted molar refractivity (Wildman–Crippen MR) is 76.5 cm³/mol. The van der Waals surface area contributed by atoms with Crippen molar-refractivity contribution >= 4 is 22.5 Å². The summed E-state index contributed by atoms with van der Waals surface area (Å²) in [5.74, 6) is 1.07. The van der Waals surface area contributed by atoms with E-state index in [-0.39, 0.29) is 0 Å². The maximum absolute atomic E-state index is 4.35. The van der Waals surface area contributed by atoms with Crippen LogP contribution in [0.4, 0.5) is 0 Å². The lowest BCUT2D eigenvalue weighted by Crippen LogP contribution is -2.23. The van der Waals surface area contributed by atoms with Gasteiger partial charge < -0.3 is 5.32 Å². The van der Waals surface area contributed by atoms with Gasteiger partial charge in [0.15, 0.2) is 0 Å². The summed E-state index contributed by atoms with van der Waals surface area (Å²) in [6, 6.07) is 8.83. The van der Waals surface area contributed by atoms with Crippen LogP contribution >= 0.6 is 11.8 Å². The maximum Gasteiger partial charge on any atom is 0.0433 e. The summed E-state index contributed by atoms with van der Waals surface area (Å²) in [6.07, 6.45) is 6.07. The number of pyridine rings is 1. The van der Waals surface area contributed by atoms with Gasteiger partial charge in [0.25, 0.3) is 0 Å². The van der Waals surface area contributed by atoms with Crippen molar-refractivity contribution in [3.8, 4) is 0 Å². The molecule has 0 fully saturated rings. The standard InChI is InChI=1S/C14H18N2S/c1-3-16-14(10-17-2)13-9-15-8-11-6-4-5-7-12(11)13/h4-9,14,16H,3,10H2,1-2H3. The summed E-state index contributed by atoms with van der Waals surface area (Å²) in [5, 5.41) is 6.06. The van der Waals surface area contributed by atoms with Gasteiger partial charge >= 0.3 is 0 Å². The highest BCUT2D eigenvalue weighted by Crippen LogP contribution is 2.24. The summed E-state index contributed by atoms with van der Waals surface area (Å²) in [6.45, 7) is 3.13. The van der Waals surface area contributed by atoms with E-state index < -0.39 is 0 Å². The first-order valence-electron chi connectivity index (χ1n) is 5.91. The van der Waals surface area contributed by atoms with E-state index >= 15 is 0 Å². The number of fused-ring (bicyclic) bond motifs is 1. The third-order valence-electron chi connectivity index (χ3n) is 2.86. The topological polar surface area (TPSA) is 24.9 Å². The van der Waals surface area contributed by atoms with Gasteiger partial charge in [0.1, 0.15) is 0 Å². The van der Waals surface area contributed by atoms with Gasteiger partial charge in [-0.2, -0.15) is 11.8 Å². The van der Waals surface area contributed by atoms with Crippen LogP contribution in [0.5, 0.6) is 0 Å². The van der Waals surface area contributed by atoms with Crippen molar-refractivity contribution in [3.63, 3.8) is 0 Å². The average molecular weight is 246 g/mol. The van der Waals surface area contributed by atoms with Gasteiger partial charge in [-0.3, -0.25) is 4.98 Å². The first kappa shape index (κ1) is 12.4. The van der Waals surface area contributed by atoms with Gasteiger partial charge in [0, 0.05) is 29.6 Å². The number of rotatable bonds is 5. The molecule has 0 spiro atoms. The number of nitrogens with zero attached hydrogens (tertiary/aromatic N) is 1. The molecule has 2 nitrogen and oxygen atoms in total. The molecule has 90 valence electrons. The summed E-state index contributed by atoms with van der Waals surface area (Å²) in [5.41, 5.74) is 1.30. The minimum atomic E-state index is 0.383. The lowest BCUT2D eigenvalue weighted by atomic mass is 10.0. The molecule has 3 heteroatoms. The molecule has 0 radical (unpaired) electrons. The van der Waals surface area contributed by atoms with E-state index in [2.05, 4.69) is 47.7 Å². The first-order chi connectivity index (χ1) is 8.36. The average Bonchev–Trinajstić information content (AvgIpc) is 2.38. The Bertz CT molecular complexity index is 473. The predicted octanol–water partition coefficient (Wildman–Crippen LogP) is 3.25. The van der Waals surface area contributed by atoms with Crippen LogP contribution in [0.1, 0.15) is 18.5 Å². The van der Waals surface area contributed by atoms with E-state index in [1.807, 2.05) is 24.2 Å². The van der Waals surface area contributed by atoms with Crippen LogP contribution in [0.25, 0.3) is 10.8 Å². The van der Waals surface area contributed by atoms with Crippen LogP contribution in [-0.4, -0.2) is 23.5 Å². The summed E-state index contributed by atoms with van der Waals surface area (Å²) < 4.78 is 0. The van der Waals surface area contributed by atoms with Crippen LogP contribution < -0.4 is 5.32 Å². The molecule has 1 unspecified atom stereocenters. The smallest absolute Gasteiger partial charge is 0.0433 e. The molecule has 0 amide bonds. The first-order valence-corrected chi connectivity index (χ1v) is 7.31. The van der Waals surface area contributed by atoms with E-state index in [0.29, 0.717) is 6.04 Å². The lowest BCUT2D eigenvalue weighted by Gasteiger charge is -2.18. The van der Waals surface area contributed by atoms with Gasteiger partial charge in [-0.05, 0) is 23.8 Å². The molecule has 0 aliphatic rings. The number of hydrogen-bond donors (Lipinski definition) is 1. The Hall–Kier alpha value is -1.06. The molecule has 1 N–H and O–H groups in total. The molecule has 1 aromatic heterocycles. The molecule has 1 heterocycles. The highest BCUT2D eigenvalue weighted by atomic mass is 32.2. The quantitative estimate of drug-likeness (QED) is 0.876. The molecule has 0 aliphatic carbocycles. The normalized spacial score (nSPS) is 12.8. The summed E-state index contributed by atoms with van der Waals surface area (Å²) in [7, 11) is 0. The van der Waals surface area contributed by atoms with Crippen LogP contribution in [0.15, 0.2) is 36.7 Å². The molecule has 0 bridgehead atoms. The van der Waals surface area contributed by atoms with Crippen molar-refractivity contribution < 1.29 is 0 Å². The van der Waals surface area contributed by atoms with E-state index in [9.17, 15) is 0 Å². The second-order valence-electron chi connectivity index (χ2n) is 4.02. The zero-order valence-electron chi connectivity index (χ0n) is 10.3. The molecule has 2 rings (SSSR count).